The Labute approximate surface area is 152 Å². The molecule has 0 spiro atoms. The number of halogens is 1. The molecule has 0 radical (unpaired) electrons. The number of esters is 1. The first-order valence-corrected chi connectivity index (χ1v) is 8.48. The monoisotopic (exact) mass is 368 g/mol. The minimum absolute atomic E-state index is 0.150. The summed E-state index contributed by atoms with van der Waals surface area (Å²) < 4.78 is 19.1. The second-order valence-electron chi connectivity index (χ2n) is 5.34. The molecule has 7 heteroatoms. The number of para-hydroxylation sites is 1. The average Bonchev–Trinajstić information content (AvgIpc) is 3.07. The summed E-state index contributed by atoms with van der Waals surface area (Å²) in [4.78, 5) is 26.0. The molecule has 3 rings (SSSR count). The Kier molecular flexibility index (Phi) is 5.25. The van der Waals surface area contributed by atoms with Crippen molar-refractivity contribution in [3.8, 4) is 6.07 Å². The molecule has 0 aliphatic heterocycles. The van der Waals surface area contributed by atoms with Crippen molar-refractivity contribution in [2.75, 3.05) is 18.1 Å². The molecule has 1 heterocycles. The molecule has 0 aliphatic carbocycles. The van der Waals surface area contributed by atoms with E-state index in [-0.39, 0.29) is 17.2 Å². The molecule has 0 N–H and O–H groups in total. The Bertz CT molecular complexity index is 995. The van der Waals surface area contributed by atoms with E-state index in [1.165, 1.54) is 23.1 Å². The fraction of sp³-hybridized carbons (Fsp3) is 0.105. The van der Waals surface area contributed by atoms with Gasteiger partial charge in [0.1, 0.15) is 17.2 Å². The van der Waals surface area contributed by atoms with Crippen molar-refractivity contribution in [1.29, 1.82) is 5.26 Å². The number of nitrogens with zero attached hydrogens (tertiary/aromatic N) is 2. The van der Waals surface area contributed by atoms with Gasteiger partial charge >= 0.3 is 5.97 Å². The molecule has 0 saturated heterocycles. The molecule has 0 saturated carbocycles. The van der Waals surface area contributed by atoms with Crippen LogP contribution in [0, 0.1) is 17.1 Å². The maximum Gasteiger partial charge on any atom is 0.348 e. The number of anilines is 1. The van der Waals surface area contributed by atoms with Crippen LogP contribution in [0.2, 0.25) is 0 Å². The smallest absolute Gasteiger partial charge is 0.348 e. The number of carbonyl (C=O) groups is 2. The first-order valence-electron chi connectivity index (χ1n) is 7.67. The van der Waals surface area contributed by atoms with Crippen LogP contribution in [0.4, 0.5) is 10.1 Å². The van der Waals surface area contributed by atoms with Gasteiger partial charge in [-0.2, -0.15) is 5.26 Å². The summed E-state index contributed by atoms with van der Waals surface area (Å²) in [7, 11) is 0. The summed E-state index contributed by atoms with van der Waals surface area (Å²) in [5.41, 5.74) is 0.549. The van der Waals surface area contributed by atoms with Crippen molar-refractivity contribution in [2.45, 2.75) is 0 Å². The van der Waals surface area contributed by atoms with Gasteiger partial charge in [-0.05, 0) is 41.8 Å². The minimum atomic E-state index is -0.662. The third-order valence-corrected chi connectivity index (χ3v) is 4.70. The number of benzene rings is 2. The number of hydrogen-bond donors (Lipinski definition) is 0. The standard InChI is InChI=1S/C19H13FN2O3S/c20-14-6-7-16-13(10-14)11-17(26-16)19(24)25-12-18(23)22(9-8-21)15-4-2-1-3-5-15/h1-7,10-11H,9,12H2. The summed E-state index contributed by atoms with van der Waals surface area (Å²) >= 11 is 1.16. The molecule has 0 aliphatic rings. The number of thiophene rings is 1. The Morgan fingerprint density at radius 1 is 1.15 bits per heavy atom. The minimum Gasteiger partial charge on any atom is -0.451 e. The number of nitriles is 1. The van der Waals surface area contributed by atoms with Crippen LogP contribution in [0.15, 0.2) is 54.6 Å². The van der Waals surface area contributed by atoms with Crippen molar-refractivity contribution >= 4 is 39.0 Å². The first kappa shape index (κ1) is 17.6. The van der Waals surface area contributed by atoms with E-state index in [4.69, 9.17) is 10.00 Å². The van der Waals surface area contributed by atoms with Crippen LogP contribution < -0.4 is 4.90 Å². The molecule has 26 heavy (non-hydrogen) atoms. The highest BCUT2D eigenvalue weighted by Crippen LogP contribution is 2.26. The SMILES string of the molecule is N#CCN(C(=O)COC(=O)c1cc2cc(F)ccc2s1)c1ccccc1. The Morgan fingerprint density at radius 3 is 2.65 bits per heavy atom. The van der Waals surface area contributed by atoms with Crippen LogP contribution in [0.5, 0.6) is 0 Å². The highest BCUT2D eigenvalue weighted by molar-refractivity contribution is 7.20. The molecule has 3 aromatic rings. The predicted molar refractivity (Wildman–Crippen MR) is 96.5 cm³/mol. The fourth-order valence-corrected chi connectivity index (χ4v) is 3.33. The lowest BCUT2D eigenvalue weighted by Crippen LogP contribution is -2.35. The van der Waals surface area contributed by atoms with Crippen LogP contribution in [0.1, 0.15) is 9.67 Å². The lowest BCUT2D eigenvalue weighted by atomic mass is 10.2. The number of hydrogen-bond acceptors (Lipinski definition) is 5. The van der Waals surface area contributed by atoms with Crippen LogP contribution >= 0.6 is 11.3 Å². The largest absolute Gasteiger partial charge is 0.451 e. The molecule has 1 aromatic heterocycles. The average molecular weight is 368 g/mol. The van der Waals surface area contributed by atoms with Gasteiger partial charge in [0.25, 0.3) is 5.91 Å². The zero-order chi connectivity index (χ0) is 18.5. The zero-order valence-electron chi connectivity index (χ0n) is 13.5. The van der Waals surface area contributed by atoms with Gasteiger partial charge in [-0.1, -0.05) is 18.2 Å². The van der Waals surface area contributed by atoms with Gasteiger partial charge in [0.15, 0.2) is 6.61 Å². The third kappa shape index (κ3) is 3.87. The normalized spacial score (nSPS) is 10.3. The summed E-state index contributed by atoms with van der Waals surface area (Å²) in [6.07, 6.45) is 0. The molecule has 0 atom stereocenters. The van der Waals surface area contributed by atoms with E-state index in [0.29, 0.717) is 11.1 Å². The van der Waals surface area contributed by atoms with Crippen molar-refractivity contribution in [3.63, 3.8) is 0 Å². The maximum atomic E-state index is 13.2. The third-order valence-electron chi connectivity index (χ3n) is 3.60. The number of fused-ring (bicyclic) bond motifs is 1. The van der Waals surface area contributed by atoms with Crippen molar-refractivity contribution in [2.24, 2.45) is 0 Å². The van der Waals surface area contributed by atoms with Gasteiger partial charge in [0.05, 0.1) is 6.07 Å². The molecule has 130 valence electrons. The van der Waals surface area contributed by atoms with E-state index in [1.54, 1.807) is 36.4 Å². The summed E-state index contributed by atoms with van der Waals surface area (Å²) in [6.45, 7) is -0.638. The van der Waals surface area contributed by atoms with Gasteiger partial charge < -0.3 is 4.74 Å². The molecule has 5 nitrogen and oxygen atoms in total. The molecule has 1 amide bonds. The molecule has 2 aromatic carbocycles. The van der Waals surface area contributed by atoms with E-state index in [2.05, 4.69) is 0 Å². The van der Waals surface area contributed by atoms with Crippen molar-refractivity contribution in [1.82, 2.24) is 0 Å². The number of amides is 1. The van der Waals surface area contributed by atoms with Gasteiger partial charge in [0.2, 0.25) is 0 Å². The van der Waals surface area contributed by atoms with Crippen molar-refractivity contribution < 1.29 is 18.7 Å². The molecular formula is C19H13FN2O3S. The van der Waals surface area contributed by atoms with E-state index in [0.717, 1.165) is 16.0 Å². The van der Waals surface area contributed by atoms with Crippen LogP contribution in [-0.4, -0.2) is 25.0 Å². The van der Waals surface area contributed by atoms with Crippen LogP contribution in [0.3, 0.4) is 0 Å². The number of ether oxygens (including phenoxy) is 1. The quantitative estimate of drug-likeness (QED) is 0.508. The van der Waals surface area contributed by atoms with Gasteiger partial charge in [-0.3, -0.25) is 9.69 Å². The lowest BCUT2D eigenvalue weighted by molar-refractivity contribution is -0.121. The topological polar surface area (TPSA) is 70.4 Å². The molecular weight excluding hydrogens is 355 g/mol. The number of rotatable bonds is 5. The summed E-state index contributed by atoms with van der Waals surface area (Å²) in [5.74, 6) is -1.55. The number of carbonyl (C=O) groups excluding carboxylic acids is 2. The molecule has 0 unspecified atom stereocenters. The fourth-order valence-electron chi connectivity index (χ4n) is 2.39. The van der Waals surface area contributed by atoms with E-state index >= 15 is 0 Å². The van der Waals surface area contributed by atoms with E-state index < -0.39 is 18.5 Å². The Balaban J connectivity index is 1.69. The first-order chi connectivity index (χ1) is 12.6. The molecule has 0 fully saturated rings. The van der Waals surface area contributed by atoms with Crippen LogP contribution in [0.25, 0.3) is 10.1 Å². The van der Waals surface area contributed by atoms with Gasteiger partial charge in [0, 0.05) is 10.4 Å². The van der Waals surface area contributed by atoms with Crippen LogP contribution in [-0.2, 0) is 9.53 Å². The van der Waals surface area contributed by atoms with Gasteiger partial charge in [-0.15, -0.1) is 11.3 Å². The van der Waals surface area contributed by atoms with E-state index in [9.17, 15) is 14.0 Å². The second kappa shape index (κ2) is 7.76. The highest BCUT2D eigenvalue weighted by atomic mass is 32.1. The van der Waals surface area contributed by atoms with E-state index in [1.807, 2.05) is 6.07 Å². The zero-order valence-corrected chi connectivity index (χ0v) is 14.3. The Hall–Kier alpha value is -3.24. The predicted octanol–water partition coefficient (Wildman–Crippen LogP) is 3.75. The second-order valence-corrected chi connectivity index (χ2v) is 6.43. The summed E-state index contributed by atoms with van der Waals surface area (Å²) in [6, 6.07) is 16.4. The lowest BCUT2D eigenvalue weighted by Gasteiger charge is -2.19. The summed E-state index contributed by atoms with van der Waals surface area (Å²) in [5, 5.41) is 9.53. The Morgan fingerprint density at radius 2 is 1.92 bits per heavy atom. The maximum absolute atomic E-state index is 13.2. The van der Waals surface area contributed by atoms with Crippen molar-refractivity contribution in [3.05, 3.63) is 65.3 Å². The van der Waals surface area contributed by atoms with Gasteiger partial charge in [-0.25, -0.2) is 9.18 Å². The molecule has 0 bridgehead atoms. The highest BCUT2D eigenvalue weighted by Gasteiger charge is 2.19.